The molecule has 0 atom stereocenters. The van der Waals surface area contributed by atoms with Gasteiger partial charge in [0.05, 0.1) is 0 Å². The summed E-state index contributed by atoms with van der Waals surface area (Å²) in [4.78, 5) is 17.6. The standard InChI is InChI=1S/C15H12BrF4O3PS/c16-12-6-9(4-5-11(12)15(19,20)24(21,22)23)7-25-8-10-2-1-3-13(17)14(10)18/h1-6H,7-8H2,(H2,21,22,23). The van der Waals surface area contributed by atoms with Crippen LogP contribution in [0.4, 0.5) is 17.6 Å². The van der Waals surface area contributed by atoms with Crippen LogP contribution in [0.25, 0.3) is 0 Å². The summed E-state index contributed by atoms with van der Waals surface area (Å²) in [6.07, 6.45) is 0. The van der Waals surface area contributed by atoms with Crippen molar-refractivity contribution in [3.05, 3.63) is 69.2 Å². The Labute approximate surface area is 153 Å². The van der Waals surface area contributed by atoms with Crippen molar-refractivity contribution in [2.75, 3.05) is 0 Å². The molecule has 0 saturated heterocycles. The van der Waals surface area contributed by atoms with Gasteiger partial charge in [0.15, 0.2) is 11.6 Å². The molecule has 0 amide bonds. The summed E-state index contributed by atoms with van der Waals surface area (Å²) in [5.41, 5.74) is -4.35. The van der Waals surface area contributed by atoms with E-state index in [2.05, 4.69) is 15.9 Å². The molecule has 2 rings (SSSR count). The summed E-state index contributed by atoms with van der Waals surface area (Å²) in [7, 11) is -5.65. The van der Waals surface area contributed by atoms with Gasteiger partial charge in [-0.3, -0.25) is 4.57 Å². The monoisotopic (exact) mass is 458 g/mol. The molecular formula is C15H12BrF4O3PS. The highest BCUT2D eigenvalue weighted by Gasteiger charge is 2.51. The van der Waals surface area contributed by atoms with Crippen LogP contribution in [0.5, 0.6) is 0 Å². The molecular weight excluding hydrogens is 447 g/mol. The maximum atomic E-state index is 13.7. The Hall–Kier alpha value is -0.860. The van der Waals surface area contributed by atoms with Crippen LogP contribution in [0.15, 0.2) is 40.9 Å². The van der Waals surface area contributed by atoms with Crippen molar-refractivity contribution in [2.45, 2.75) is 17.2 Å². The van der Waals surface area contributed by atoms with Crippen LogP contribution in [0.2, 0.25) is 0 Å². The van der Waals surface area contributed by atoms with Crippen LogP contribution in [-0.4, -0.2) is 9.79 Å². The fraction of sp³-hybridized carbons (Fsp3) is 0.200. The zero-order chi connectivity index (χ0) is 18.8. The highest BCUT2D eigenvalue weighted by Crippen LogP contribution is 2.60. The van der Waals surface area contributed by atoms with Gasteiger partial charge in [-0.1, -0.05) is 40.2 Å². The quantitative estimate of drug-likeness (QED) is 0.450. The minimum Gasteiger partial charge on any atom is -0.320 e. The molecule has 0 heterocycles. The van der Waals surface area contributed by atoms with Crippen LogP contribution in [-0.2, 0) is 21.7 Å². The second kappa shape index (κ2) is 7.80. The second-order valence-corrected chi connectivity index (χ2v) is 8.59. The van der Waals surface area contributed by atoms with Crippen molar-refractivity contribution in [2.24, 2.45) is 0 Å². The minimum absolute atomic E-state index is 0.143. The van der Waals surface area contributed by atoms with E-state index in [0.717, 1.165) is 12.1 Å². The first-order chi connectivity index (χ1) is 11.5. The number of hydrogen-bond acceptors (Lipinski definition) is 2. The van der Waals surface area contributed by atoms with E-state index < -0.39 is 30.5 Å². The van der Waals surface area contributed by atoms with Crippen molar-refractivity contribution in [3.63, 3.8) is 0 Å². The number of hydrogen-bond donors (Lipinski definition) is 2. The van der Waals surface area contributed by atoms with Crippen LogP contribution in [0.3, 0.4) is 0 Å². The average Bonchev–Trinajstić information content (AvgIpc) is 2.50. The van der Waals surface area contributed by atoms with Crippen molar-refractivity contribution in [3.8, 4) is 0 Å². The van der Waals surface area contributed by atoms with Gasteiger partial charge in [0, 0.05) is 27.1 Å². The Morgan fingerprint density at radius 3 is 2.40 bits per heavy atom. The van der Waals surface area contributed by atoms with E-state index in [1.54, 1.807) is 0 Å². The molecule has 0 bridgehead atoms. The fourth-order valence-electron chi connectivity index (χ4n) is 1.99. The molecule has 0 unspecified atom stereocenters. The predicted octanol–water partition coefficient (Wildman–Crippen LogP) is 5.39. The van der Waals surface area contributed by atoms with E-state index in [1.807, 2.05) is 0 Å². The summed E-state index contributed by atoms with van der Waals surface area (Å²) >= 11 is 4.13. The molecule has 2 aromatic carbocycles. The summed E-state index contributed by atoms with van der Waals surface area (Å²) in [5, 5.41) is 0. The molecule has 0 fully saturated rings. The van der Waals surface area contributed by atoms with Crippen molar-refractivity contribution in [1.82, 2.24) is 0 Å². The summed E-state index contributed by atoms with van der Waals surface area (Å²) in [6.45, 7) is 0. The molecule has 0 aliphatic heterocycles. The molecule has 0 saturated carbocycles. The van der Waals surface area contributed by atoms with Gasteiger partial charge in [-0.15, -0.1) is 0 Å². The van der Waals surface area contributed by atoms with E-state index in [0.29, 0.717) is 11.3 Å². The zero-order valence-electron chi connectivity index (χ0n) is 12.4. The molecule has 25 heavy (non-hydrogen) atoms. The van der Waals surface area contributed by atoms with Gasteiger partial charge < -0.3 is 9.79 Å². The Balaban J connectivity index is 2.09. The highest BCUT2D eigenvalue weighted by atomic mass is 79.9. The molecule has 136 valence electrons. The first-order valence-electron chi connectivity index (χ1n) is 6.77. The molecule has 0 aromatic heterocycles. The van der Waals surface area contributed by atoms with Crippen LogP contribution < -0.4 is 0 Å². The lowest BCUT2D eigenvalue weighted by Crippen LogP contribution is -2.14. The third-order valence-electron chi connectivity index (χ3n) is 3.28. The van der Waals surface area contributed by atoms with E-state index in [9.17, 15) is 22.1 Å². The molecule has 2 aromatic rings. The smallest absolute Gasteiger partial charge is 0.320 e. The van der Waals surface area contributed by atoms with Gasteiger partial charge in [0.1, 0.15) is 0 Å². The SMILES string of the molecule is O=P(O)(O)C(F)(F)c1ccc(CSCc2cccc(F)c2F)cc1Br. The second-order valence-electron chi connectivity index (χ2n) is 5.11. The lowest BCUT2D eigenvalue weighted by Gasteiger charge is -2.19. The van der Waals surface area contributed by atoms with Crippen LogP contribution >= 0.6 is 35.3 Å². The molecule has 0 radical (unpaired) electrons. The van der Waals surface area contributed by atoms with Crippen molar-refractivity contribution >= 4 is 35.3 Å². The largest absolute Gasteiger partial charge is 0.399 e. The van der Waals surface area contributed by atoms with Gasteiger partial charge in [0.25, 0.3) is 0 Å². The number of benzene rings is 2. The minimum atomic E-state index is -5.65. The summed E-state index contributed by atoms with van der Waals surface area (Å²) < 4.78 is 64.9. The Morgan fingerprint density at radius 2 is 1.80 bits per heavy atom. The van der Waals surface area contributed by atoms with E-state index in [4.69, 9.17) is 9.79 Å². The van der Waals surface area contributed by atoms with Crippen LogP contribution in [0, 0.1) is 11.6 Å². The summed E-state index contributed by atoms with van der Waals surface area (Å²) in [6, 6.07) is 7.41. The Bertz CT molecular complexity index is 828. The molecule has 0 aliphatic carbocycles. The predicted molar refractivity (Wildman–Crippen MR) is 91.4 cm³/mol. The number of rotatable bonds is 6. The fourth-order valence-corrected chi connectivity index (χ4v) is 4.29. The average molecular weight is 459 g/mol. The number of halogens is 5. The molecule has 10 heteroatoms. The number of thioether (sulfide) groups is 1. The van der Waals surface area contributed by atoms with Crippen molar-refractivity contribution in [1.29, 1.82) is 0 Å². The summed E-state index contributed by atoms with van der Waals surface area (Å²) in [5.74, 6) is -1.37. The first kappa shape index (κ1) is 20.5. The molecule has 0 aliphatic rings. The van der Waals surface area contributed by atoms with E-state index in [-0.39, 0.29) is 15.8 Å². The lowest BCUT2D eigenvalue weighted by atomic mass is 10.1. The number of alkyl halides is 2. The van der Waals surface area contributed by atoms with E-state index in [1.165, 1.54) is 36.0 Å². The first-order valence-corrected chi connectivity index (χ1v) is 10.3. The van der Waals surface area contributed by atoms with Gasteiger partial charge in [-0.25, -0.2) is 8.78 Å². The zero-order valence-corrected chi connectivity index (χ0v) is 15.7. The molecule has 2 N–H and O–H groups in total. The normalized spacial score (nSPS) is 12.4. The Morgan fingerprint density at radius 1 is 1.12 bits per heavy atom. The lowest BCUT2D eigenvalue weighted by molar-refractivity contribution is 0.0557. The maximum absolute atomic E-state index is 13.7. The third kappa shape index (κ3) is 4.65. The van der Waals surface area contributed by atoms with Gasteiger partial charge >= 0.3 is 13.3 Å². The maximum Gasteiger partial charge on any atom is 0.399 e. The topological polar surface area (TPSA) is 57.5 Å². The highest BCUT2D eigenvalue weighted by molar-refractivity contribution is 9.10. The molecule has 3 nitrogen and oxygen atoms in total. The van der Waals surface area contributed by atoms with Gasteiger partial charge in [-0.2, -0.15) is 20.5 Å². The van der Waals surface area contributed by atoms with Crippen molar-refractivity contribution < 1.29 is 31.9 Å². The van der Waals surface area contributed by atoms with Crippen LogP contribution in [0.1, 0.15) is 16.7 Å². The van der Waals surface area contributed by atoms with Gasteiger partial charge in [-0.05, 0) is 17.7 Å². The van der Waals surface area contributed by atoms with Gasteiger partial charge in [0.2, 0.25) is 0 Å². The third-order valence-corrected chi connectivity index (χ3v) is 5.96. The molecule has 0 spiro atoms. The van der Waals surface area contributed by atoms with E-state index >= 15 is 0 Å². The Kier molecular flexibility index (Phi) is 6.38.